The predicted molar refractivity (Wildman–Crippen MR) is 67.0 cm³/mol. The normalized spacial score (nSPS) is 19.9. The van der Waals surface area contributed by atoms with Crippen LogP contribution in [0.5, 0.6) is 0 Å². The molecule has 1 aliphatic rings. The van der Waals surface area contributed by atoms with Crippen molar-refractivity contribution in [3.63, 3.8) is 0 Å². The Bertz CT molecular complexity index is 605. The van der Waals surface area contributed by atoms with Crippen molar-refractivity contribution in [1.82, 2.24) is 13.9 Å². The summed E-state index contributed by atoms with van der Waals surface area (Å²) in [5.74, 6) is -1.19. The van der Waals surface area contributed by atoms with E-state index >= 15 is 0 Å². The Morgan fingerprint density at radius 2 is 2.32 bits per heavy atom. The van der Waals surface area contributed by atoms with Crippen molar-refractivity contribution in [2.75, 3.05) is 6.54 Å². The first-order chi connectivity index (χ1) is 8.96. The summed E-state index contributed by atoms with van der Waals surface area (Å²) in [5, 5.41) is 8.89. The van der Waals surface area contributed by atoms with Gasteiger partial charge in [0.05, 0.1) is 6.33 Å². The maximum absolute atomic E-state index is 12.3. The number of carboxylic acid groups (broad SMARTS) is 1. The van der Waals surface area contributed by atoms with Crippen LogP contribution in [-0.2, 0) is 21.4 Å². The lowest BCUT2D eigenvalue weighted by Gasteiger charge is -2.19. The third-order valence-corrected chi connectivity index (χ3v) is 4.56. The van der Waals surface area contributed by atoms with Crippen molar-refractivity contribution in [1.29, 1.82) is 0 Å². The smallest absolute Gasteiger partial charge is 0.326 e. The van der Waals surface area contributed by atoms with Crippen molar-refractivity contribution in [2.24, 2.45) is 0 Å². The van der Waals surface area contributed by atoms with Crippen LogP contribution in [0.2, 0.25) is 0 Å². The average Bonchev–Trinajstić information content (AvgIpc) is 2.97. The van der Waals surface area contributed by atoms with E-state index in [2.05, 4.69) is 4.98 Å². The van der Waals surface area contributed by atoms with Crippen LogP contribution >= 0.6 is 0 Å². The van der Waals surface area contributed by atoms with Gasteiger partial charge in [-0.15, -0.1) is 0 Å². The number of sulfonamides is 1. The van der Waals surface area contributed by atoms with Gasteiger partial charge in [-0.2, -0.15) is 4.31 Å². The van der Waals surface area contributed by atoms with Crippen molar-refractivity contribution >= 4 is 16.0 Å². The number of hydrogen-bond donors (Lipinski definition) is 1. The summed E-state index contributed by atoms with van der Waals surface area (Å²) in [5.41, 5.74) is 0. The fraction of sp³-hybridized carbons (Fsp3) is 0.455. The Morgan fingerprint density at radius 3 is 2.95 bits per heavy atom. The molecule has 2 heterocycles. The Hall–Kier alpha value is -1.67. The zero-order chi connectivity index (χ0) is 14.0. The lowest BCUT2D eigenvalue weighted by atomic mass is 10.3. The minimum absolute atomic E-state index is 0.0555. The standard InChI is InChI=1S/C11H15N3O4S/c1-2-5-13-7-10(12-8-13)19(17,18)14-6-3-4-9(14)11(15)16/h3-4,7-9H,2,5-6H2,1H3,(H,15,16). The molecule has 0 radical (unpaired) electrons. The maximum atomic E-state index is 12.3. The summed E-state index contributed by atoms with van der Waals surface area (Å²) in [4.78, 5) is 14.9. The number of carbonyl (C=O) groups is 1. The van der Waals surface area contributed by atoms with Crippen molar-refractivity contribution in [3.05, 3.63) is 24.7 Å². The Morgan fingerprint density at radius 1 is 1.58 bits per heavy atom. The number of nitrogens with zero attached hydrogens (tertiary/aromatic N) is 3. The van der Waals surface area contributed by atoms with Gasteiger partial charge in [-0.1, -0.05) is 19.1 Å². The van der Waals surface area contributed by atoms with Gasteiger partial charge in [0.15, 0.2) is 5.03 Å². The molecule has 0 aromatic carbocycles. The molecule has 1 unspecified atom stereocenters. The van der Waals surface area contributed by atoms with E-state index in [1.165, 1.54) is 24.7 Å². The van der Waals surface area contributed by atoms with Crippen molar-refractivity contribution in [2.45, 2.75) is 31.0 Å². The lowest BCUT2D eigenvalue weighted by molar-refractivity contribution is -0.139. The Labute approximate surface area is 111 Å². The summed E-state index contributed by atoms with van der Waals surface area (Å²) < 4.78 is 27.2. The van der Waals surface area contributed by atoms with Crippen LogP contribution in [0.25, 0.3) is 0 Å². The largest absolute Gasteiger partial charge is 0.480 e. The van der Waals surface area contributed by atoms with E-state index in [-0.39, 0.29) is 11.6 Å². The zero-order valence-electron chi connectivity index (χ0n) is 10.4. The molecule has 0 spiro atoms. The Balaban J connectivity index is 2.29. The van der Waals surface area contributed by atoms with Crippen LogP contribution in [0.3, 0.4) is 0 Å². The van der Waals surface area contributed by atoms with E-state index in [0.29, 0.717) is 6.54 Å². The van der Waals surface area contributed by atoms with Gasteiger partial charge < -0.3 is 9.67 Å². The molecule has 0 saturated heterocycles. The third kappa shape index (κ3) is 2.54. The van der Waals surface area contributed by atoms with Crippen LogP contribution < -0.4 is 0 Å². The van der Waals surface area contributed by atoms with Gasteiger partial charge in [0.1, 0.15) is 6.04 Å². The number of imidazole rings is 1. The van der Waals surface area contributed by atoms with E-state index < -0.39 is 22.0 Å². The number of carboxylic acids is 1. The van der Waals surface area contributed by atoms with Crippen LogP contribution in [0.1, 0.15) is 13.3 Å². The topological polar surface area (TPSA) is 92.5 Å². The van der Waals surface area contributed by atoms with Gasteiger partial charge in [0.2, 0.25) is 0 Å². The summed E-state index contributed by atoms with van der Waals surface area (Å²) in [7, 11) is -3.87. The molecule has 1 aliphatic heterocycles. The fourth-order valence-corrected chi connectivity index (χ4v) is 3.36. The molecule has 2 rings (SSSR count). The van der Waals surface area contributed by atoms with Crippen LogP contribution in [-0.4, -0.2) is 45.9 Å². The Kier molecular flexibility index (Phi) is 3.72. The highest BCUT2D eigenvalue weighted by Gasteiger charge is 2.37. The minimum atomic E-state index is -3.87. The first kappa shape index (κ1) is 13.8. The second-order valence-electron chi connectivity index (χ2n) is 4.24. The molecule has 0 amide bonds. The number of aromatic nitrogens is 2. The summed E-state index contributed by atoms with van der Waals surface area (Å²) in [6.07, 6.45) is 6.62. The lowest BCUT2D eigenvalue weighted by Crippen LogP contribution is -2.40. The summed E-state index contributed by atoms with van der Waals surface area (Å²) >= 11 is 0. The highest BCUT2D eigenvalue weighted by molar-refractivity contribution is 7.89. The van der Waals surface area contributed by atoms with Gasteiger partial charge in [-0.3, -0.25) is 4.79 Å². The van der Waals surface area contributed by atoms with E-state index in [1.807, 2.05) is 6.92 Å². The van der Waals surface area contributed by atoms with Crippen LogP contribution in [0.4, 0.5) is 0 Å². The molecule has 0 fully saturated rings. The van der Waals surface area contributed by atoms with Crippen LogP contribution in [0.15, 0.2) is 29.7 Å². The molecule has 1 aromatic rings. The molecule has 104 valence electrons. The van der Waals surface area contributed by atoms with E-state index in [0.717, 1.165) is 10.7 Å². The molecule has 0 saturated carbocycles. The average molecular weight is 285 g/mol. The minimum Gasteiger partial charge on any atom is -0.480 e. The molecule has 1 aromatic heterocycles. The highest BCUT2D eigenvalue weighted by Crippen LogP contribution is 2.21. The van der Waals surface area contributed by atoms with Gasteiger partial charge in [0, 0.05) is 19.3 Å². The molecular formula is C11H15N3O4S. The molecule has 7 nitrogen and oxygen atoms in total. The zero-order valence-corrected chi connectivity index (χ0v) is 11.2. The van der Waals surface area contributed by atoms with Gasteiger partial charge in [-0.05, 0) is 6.42 Å². The molecule has 19 heavy (non-hydrogen) atoms. The van der Waals surface area contributed by atoms with Crippen molar-refractivity contribution < 1.29 is 18.3 Å². The predicted octanol–water partition coefficient (Wildman–Crippen LogP) is 0.307. The number of rotatable bonds is 5. The van der Waals surface area contributed by atoms with E-state index in [4.69, 9.17) is 5.11 Å². The third-order valence-electron chi connectivity index (χ3n) is 2.83. The van der Waals surface area contributed by atoms with Gasteiger partial charge in [0.25, 0.3) is 10.0 Å². The van der Waals surface area contributed by atoms with Gasteiger partial charge in [-0.25, -0.2) is 13.4 Å². The molecule has 1 N–H and O–H groups in total. The number of aryl methyl sites for hydroxylation is 1. The molecule has 0 aliphatic carbocycles. The van der Waals surface area contributed by atoms with E-state index in [1.54, 1.807) is 4.57 Å². The second-order valence-corrected chi connectivity index (χ2v) is 6.07. The molecule has 1 atom stereocenters. The molecular weight excluding hydrogens is 270 g/mol. The highest BCUT2D eigenvalue weighted by atomic mass is 32.2. The first-order valence-electron chi connectivity index (χ1n) is 5.90. The number of aliphatic carboxylic acids is 1. The summed E-state index contributed by atoms with van der Waals surface area (Å²) in [6, 6.07) is -1.15. The fourth-order valence-electron chi connectivity index (χ4n) is 1.93. The monoisotopic (exact) mass is 285 g/mol. The molecule has 8 heteroatoms. The molecule has 0 bridgehead atoms. The SMILES string of the molecule is CCCn1cnc(S(=O)(=O)N2CC=CC2C(=O)O)c1. The maximum Gasteiger partial charge on any atom is 0.326 e. The van der Waals surface area contributed by atoms with Crippen molar-refractivity contribution in [3.8, 4) is 0 Å². The number of hydrogen-bond acceptors (Lipinski definition) is 4. The summed E-state index contributed by atoms with van der Waals surface area (Å²) in [6.45, 7) is 2.70. The van der Waals surface area contributed by atoms with Crippen LogP contribution in [0, 0.1) is 0 Å². The first-order valence-corrected chi connectivity index (χ1v) is 7.34. The second kappa shape index (κ2) is 5.14. The van der Waals surface area contributed by atoms with Gasteiger partial charge >= 0.3 is 5.97 Å². The quantitative estimate of drug-likeness (QED) is 0.786. The van der Waals surface area contributed by atoms with E-state index in [9.17, 15) is 13.2 Å².